The number of sulfonamides is 1. The van der Waals surface area contributed by atoms with Crippen LogP contribution in [-0.2, 0) is 10.0 Å². The average molecular weight is 391 g/mol. The minimum atomic E-state index is -3.72. The van der Waals surface area contributed by atoms with E-state index in [1.54, 1.807) is 6.92 Å². The number of hydrogen-bond donors (Lipinski definition) is 1. The molecule has 0 atom stereocenters. The molecule has 0 aliphatic carbocycles. The fourth-order valence-corrected chi connectivity index (χ4v) is 3.69. The molecule has 0 radical (unpaired) electrons. The first-order valence-electron chi connectivity index (χ1n) is 8.06. The molecule has 0 amide bonds. The maximum atomic E-state index is 14.2. The SMILES string of the molecule is CCCS(=O)(=O)Nc1cc(F)c(F)c(C(=O)c2ccc3nccnc3c2)c1. The van der Waals surface area contributed by atoms with Crippen molar-refractivity contribution in [1.29, 1.82) is 0 Å². The highest BCUT2D eigenvalue weighted by Gasteiger charge is 2.21. The number of aromatic nitrogens is 2. The number of benzene rings is 2. The van der Waals surface area contributed by atoms with Crippen LogP contribution >= 0.6 is 0 Å². The van der Waals surface area contributed by atoms with E-state index in [4.69, 9.17) is 0 Å². The Hall–Kier alpha value is -2.94. The predicted molar refractivity (Wildman–Crippen MR) is 97.0 cm³/mol. The van der Waals surface area contributed by atoms with Gasteiger partial charge in [-0.25, -0.2) is 17.2 Å². The Morgan fingerprint density at radius 2 is 1.78 bits per heavy atom. The highest BCUT2D eigenvalue weighted by Crippen LogP contribution is 2.23. The second-order valence-corrected chi connectivity index (χ2v) is 7.67. The molecule has 0 spiro atoms. The molecule has 9 heteroatoms. The normalized spacial score (nSPS) is 11.5. The van der Waals surface area contributed by atoms with Crippen LogP contribution in [-0.4, -0.2) is 29.9 Å². The van der Waals surface area contributed by atoms with Gasteiger partial charge in [-0.1, -0.05) is 6.92 Å². The Labute approximate surface area is 154 Å². The summed E-state index contributed by atoms with van der Waals surface area (Å²) in [5, 5.41) is 0. The molecule has 6 nitrogen and oxygen atoms in total. The molecule has 0 fully saturated rings. The average Bonchev–Trinajstić information content (AvgIpc) is 2.63. The van der Waals surface area contributed by atoms with Crippen LogP contribution in [0.3, 0.4) is 0 Å². The van der Waals surface area contributed by atoms with Gasteiger partial charge in [0, 0.05) is 24.0 Å². The van der Waals surface area contributed by atoms with Gasteiger partial charge in [0.2, 0.25) is 10.0 Å². The summed E-state index contributed by atoms with van der Waals surface area (Å²) in [5.74, 6) is -3.65. The van der Waals surface area contributed by atoms with E-state index in [0.29, 0.717) is 23.5 Å². The van der Waals surface area contributed by atoms with Gasteiger partial charge in [-0.05, 0) is 30.7 Å². The van der Waals surface area contributed by atoms with Crippen LogP contribution in [0.1, 0.15) is 29.3 Å². The number of hydrogen-bond acceptors (Lipinski definition) is 5. The second kappa shape index (κ2) is 7.36. The van der Waals surface area contributed by atoms with Gasteiger partial charge in [-0.3, -0.25) is 19.5 Å². The maximum Gasteiger partial charge on any atom is 0.232 e. The molecule has 0 aliphatic rings. The van der Waals surface area contributed by atoms with Gasteiger partial charge in [0.05, 0.1) is 28.0 Å². The molecule has 2 aromatic carbocycles. The molecule has 1 aromatic heterocycles. The van der Waals surface area contributed by atoms with Crippen molar-refractivity contribution < 1.29 is 22.0 Å². The van der Waals surface area contributed by atoms with E-state index in [-0.39, 0.29) is 17.0 Å². The maximum absolute atomic E-state index is 14.2. The van der Waals surface area contributed by atoms with Gasteiger partial charge >= 0.3 is 0 Å². The zero-order chi connectivity index (χ0) is 19.6. The van der Waals surface area contributed by atoms with Gasteiger partial charge in [-0.2, -0.15) is 0 Å². The Morgan fingerprint density at radius 3 is 2.48 bits per heavy atom. The van der Waals surface area contributed by atoms with E-state index < -0.39 is 33.0 Å². The van der Waals surface area contributed by atoms with Crippen LogP contribution in [0.4, 0.5) is 14.5 Å². The fraction of sp³-hybridized carbons (Fsp3) is 0.167. The van der Waals surface area contributed by atoms with E-state index in [0.717, 1.165) is 6.07 Å². The minimum Gasteiger partial charge on any atom is -0.288 e. The molecule has 3 aromatic rings. The van der Waals surface area contributed by atoms with Gasteiger partial charge < -0.3 is 0 Å². The summed E-state index contributed by atoms with van der Waals surface area (Å²) in [4.78, 5) is 20.8. The van der Waals surface area contributed by atoms with Gasteiger partial charge in [0.25, 0.3) is 0 Å². The number of ketones is 1. The van der Waals surface area contributed by atoms with Crippen LogP contribution in [0.2, 0.25) is 0 Å². The van der Waals surface area contributed by atoms with Crippen molar-refractivity contribution in [3.8, 4) is 0 Å². The molecule has 0 aliphatic heterocycles. The molecule has 0 bridgehead atoms. The number of nitrogens with zero attached hydrogens (tertiary/aromatic N) is 2. The van der Waals surface area contributed by atoms with E-state index in [1.165, 1.54) is 30.6 Å². The zero-order valence-electron chi connectivity index (χ0n) is 14.2. The third-order valence-corrected chi connectivity index (χ3v) is 5.24. The zero-order valence-corrected chi connectivity index (χ0v) is 15.1. The summed E-state index contributed by atoms with van der Waals surface area (Å²) in [6.45, 7) is 1.67. The summed E-state index contributed by atoms with van der Waals surface area (Å²) < 4.78 is 54.0. The second-order valence-electron chi connectivity index (χ2n) is 5.83. The first-order chi connectivity index (χ1) is 12.8. The van der Waals surface area contributed by atoms with E-state index in [2.05, 4.69) is 14.7 Å². The molecule has 0 unspecified atom stereocenters. The molecule has 1 heterocycles. The third-order valence-electron chi connectivity index (χ3n) is 3.75. The fourth-order valence-electron chi connectivity index (χ4n) is 2.57. The monoisotopic (exact) mass is 391 g/mol. The summed E-state index contributed by atoms with van der Waals surface area (Å²) in [5.41, 5.74) is 0.249. The number of anilines is 1. The molecule has 0 saturated carbocycles. The van der Waals surface area contributed by atoms with Crippen molar-refractivity contribution in [1.82, 2.24) is 9.97 Å². The number of fused-ring (bicyclic) bond motifs is 1. The lowest BCUT2D eigenvalue weighted by Crippen LogP contribution is -2.17. The van der Waals surface area contributed by atoms with E-state index in [9.17, 15) is 22.0 Å². The lowest BCUT2D eigenvalue weighted by atomic mass is 10.0. The van der Waals surface area contributed by atoms with Crippen molar-refractivity contribution in [3.63, 3.8) is 0 Å². The third kappa shape index (κ3) is 4.08. The summed E-state index contributed by atoms with van der Waals surface area (Å²) in [7, 11) is -3.72. The van der Waals surface area contributed by atoms with Crippen molar-refractivity contribution in [2.24, 2.45) is 0 Å². The Balaban J connectivity index is 2.02. The highest BCUT2D eigenvalue weighted by atomic mass is 32.2. The van der Waals surface area contributed by atoms with E-state index in [1.807, 2.05) is 0 Å². The van der Waals surface area contributed by atoms with Crippen LogP contribution in [0.5, 0.6) is 0 Å². The lowest BCUT2D eigenvalue weighted by molar-refractivity contribution is 0.103. The number of halogens is 2. The smallest absolute Gasteiger partial charge is 0.232 e. The Bertz CT molecular complexity index is 1130. The molecule has 3 rings (SSSR count). The van der Waals surface area contributed by atoms with Crippen molar-refractivity contribution in [2.45, 2.75) is 13.3 Å². The number of carbonyl (C=O) groups excluding carboxylic acids is 1. The summed E-state index contributed by atoms with van der Waals surface area (Å²) >= 11 is 0. The topological polar surface area (TPSA) is 89.0 Å². The highest BCUT2D eigenvalue weighted by molar-refractivity contribution is 7.92. The Morgan fingerprint density at radius 1 is 1.07 bits per heavy atom. The van der Waals surface area contributed by atoms with Gasteiger partial charge in [0.1, 0.15) is 0 Å². The molecular formula is C18H15F2N3O3S. The van der Waals surface area contributed by atoms with Crippen molar-refractivity contribution >= 4 is 32.5 Å². The lowest BCUT2D eigenvalue weighted by Gasteiger charge is -2.10. The standard InChI is InChI=1S/C18H15F2N3O3S/c1-2-7-27(25,26)23-12-9-13(17(20)14(19)10-12)18(24)11-3-4-15-16(8-11)22-6-5-21-15/h3-6,8-10,23H,2,7H2,1H3. The predicted octanol–water partition coefficient (Wildman–Crippen LogP) is 3.29. The minimum absolute atomic E-state index is 0.0786. The molecule has 140 valence electrons. The van der Waals surface area contributed by atoms with Gasteiger partial charge in [0.15, 0.2) is 17.4 Å². The number of nitrogens with one attached hydrogen (secondary N) is 1. The van der Waals surface area contributed by atoms with Crippen LogP contribution < -0.4 is 4.72 Å². The number of carbonyl (C=O) groups is 1. The van der Waals surface area contributed by atoms with Gasteiger partial charge in [-0.15, -0.1) is 0 Å². The summed E-state index contributed by atoms with van der Waals surface area (Å²) in [6.07, 6.45) is 3.29. The van der Waals surface area contributed by atoms with Crippen LogP contribution in [0.25, 0.3) is 11.0 Å². The van der Waals surface area contributed by atoms with E-state index >= 15 is 0 Å². The molecule has 27 heavy (non-hydrogen) atoms. The van der Waals surface area contributed by atoms with Crippen LogP contribution in [0, 0.1) is 11.6 Å². The first kappa shape index (κ1) is 18.8. The first-order valence-corrected chi connectivity index (χ1v) is 9.71. The van der Waals surface area contributed by atoms with Crippen molar-refractivity contribution in [3.05, 3.63) is 65.5 Å². The number of rotatable bonds is 6. The largest absolute Gasteiger partial charge is 0.288 e. The van der Waals surface area contributed by atoms with Crippen LogP contribution in [0.15, 0.2) is 42.7 Å². The quantitative estimate of drug-likeness (QED) is 0.652. The van der Waals surface area contributed by atoms with Crippen molar-refractivity contribution in [2.75, 3.05) is 10.5 Å². The molecule has 0 saturated heterocycles. The Kier molecular flexibility index (Phi) is 5.13. The molecule has 1 N–H and O–H groups in total. The summed E-state index contributed by atoms with van der Waals surface area (Å²) in [6, 6.07) is 6.05. The molecular weight excluding hydrogens is 376 g/mol.